The van der Waals surface area contributed by atoms with Crippen molar-refractivity contribution in [2.75, 3.05) is 6.54 Å². The Morgan fingerprint density at radius 3 is 2.78 bits per heavy atom. The largest absolute Gasteiger partial charge is 0.330 e. The standard InChI is InChI=1S/C15H25N3/c1-12-14(8-5-9-17-12)18-11-16-10-15(18)13-6-3-2-4-7-13/h10-14,17H,2-9H2,1H3. The third-order valence-corrected chi connectivity index (χ3v) is 4.80. The first-order valence-corrected chi connectivity index (χ1v) is 7.61. The number of piperidine rings is 1. The quantitative estimate of drug-likeness (QED) is 0.869. The van der Waals surface area contributed by atoms with E-state index in [1.807, 2.05) is 0 Å². The van der Waals surface area contributed by atoms with Crippen LogP contribution in [0.3, 0.4) is 0 Å². The van der Waals surface area contributed by atoms with Crippen LogP contribution in [0.2, 0.25) is 0 Å². The van der Waals surface area contributed by atoms with Crippen molar-refractivity contribution in [1.82, 2.24) is 14.9 Å². The van der Waals surface area contributed by atoms with Crippen molar-refractivity contribution in [3.05, 3.63) is 18.2 Å². The molecule has 2 heterocycles. The number of nitrogens with zero attached hydrogens (tertiary/aromatic N) is 2. The van der Waals surface area contributed by atoms with Gasteiger partial charge in [-0.15, -0.1) is 0 Å². The number of imidazole rings is 1. The Bertz CT molecular complexity index is 379. The second kappa shape index (κ2) is 5.43. The topological polar surface area (TPSA) is 29.9 Å². The summed E-state index contributed by atoms with van der Waals surface area (Å²) < 4.78 is 2.48. The average molecular weight is 247 g/mol. The first-order chi connectivity index (χ1) is 8.86. The van der Waals surface area contributed by atoms with Crippen LogP contribution >= 0.6 is 0 Å². The smallest absolute Gasteiger partial charge is 0.0951 e. The van der Waals surface area contributed by atoms with Crippen molar-refractivity contribution in [3.8, 4) is 0 Å². The lowest BCUT2D eigenvalue weighted by atomic mass is 9.86. The number of nitrogens with one attached hydrogen (secondary N) is 1. The molecule has 2 unspecified atom stereocenters. The minimum atomic E-state index is 0.579. The molecule has 3 nitrogen and oxygen atoms in total. The molecule has 1 N–H and O–H groups in total. The highest BCUT2D eigenvalue weighted by atomic mass is 15.1. The van der Waals surface area contributed by atoms with Gasteiger partial charge >= 0.3 is 0 Å². The van der Waals surface area contributed by atoms with Gasteiger partial charge in [0, 0.05) is 29.9 Å². The van der Waals surface area contributed by atoms with Gasteiger partial charge in [-0.05, 0) is 39.2 Å². The molecule has 18 heavy (non-hydrogen) atoms. The van der Waals surface area contributed by atoms with Crippen molar-refractivity contribution < 1.29 is 0 Å². The molecule has 0 amide bonds. The van der Waals surface area contributed by atoms with Crippen molar-refractivity contribution in [3.63, 3.8) is 0 Å². The lowest BCUT2D eigenvalue weighted by Gasteiger charge is -2.34. The third-order valence-electron chi connectivity index (χ3n) is 4.80. The molecule has 1 saturated heterocycles. The Labute approximate surface area is 110 Å². The van der Waals surface area contributed by atoms with E-state index in [-0.39, 0.29) is 0 Å². The molecule has 1 aliphatic heterocycles. The zero-order valence-corrected chi connectivity index (χ0v) is 11.4. The van der Waals surface area contributed by atoms with Crippen molar-refractivity contribution in [1.29, 1.82) is 0 Å². The first kappa shape index (κ1) is 12.2. The number of hydrogen-bond acceptors (Lipinski definition) is 2. The predicted octanol–water partition coefficient (Wildman–Crippen LogP) is 3.24. The summed E-state index contributed by atoms with van der Waals surface area (Å²) in [4.78, 5) is 4.44. The minimum absolute atomic E-state index is 0.579. The summed E-state index contributed by atoms with van der Waals surface area (Å²) in [7, 11) is 0. The van der Waals surface area contributed by atoms with Crippen LogP contribution in [-0.2, 0) is 0 Å². The van der Waals surface area contributed by atoms with Crippen LogP contribution in [0, 0.1) is 0 Å². The predicted molar refractivity (Wildman–Crippen MR) is 73.8 cm³/mol. The van der Waals surface area contributed by atoms with E-state index < -0.39 is 0 Å². The molecule has 1 saturated carbocycles. The van der Waals surface area contributed by atoms with Crippen molar-refractivity contribution in [2.24, 2.45) is 0 Å². The minimum Gasteiger partial charge on any atom is -0.330 e. The molecule has 0 bridgehead atoms. The number of rotatable bonds is 2. The molecule has 0 spiro atoms. The molecule has 0 aromatic carbocycles. The lowest BCUT2D eigenvalue weighted by molar-refractivity contribution is 0.282. The zero-order chi connectivity index (χ0) is 12.4. The van der Waals surface area contributed by atoms with Crippen LogP contribution in [0.1, 0.15) is 69.5 Å². The van der Waals surface area contributed by atoms with E-state index in [1.165, 1.54) is 57.2 Å². The third kappa shape index (κ3) is 2.33. The molecule has 2 atom stereocenters. The molecule has 0 radical (unpaired) electrons. The summed E-state index contributed by atoms with van der Waals surface area (Å²) in [5.41, 5.74) is 1.50. The summed E-state index contributed by atoms with van der Waals surface area (Å²) in [5, 5.41) is 3.60. The molecule has 1 aliphatic carbocycles. The fraction of sp³-hybridized carbons (Fsp3) is 0.800. The van der Waals surface area contributed by atoms with Gasteiger partial charge in [0.15, 0.2) is 0 Å². The Morgan fingerprint density at radius 1 is 1.17 bits per heavy atom. The Morgan fingerprint density at radius 2 is 2.00 bits per heavy atom. The SMILES string of the molecule is CC1NCCCC1n1cncc1C1CCCCC1. The van der Waals surface area contributed by atoms with E-state index in [9.17, 15) is 0 Å². The second-order valence-electron chi connectivity index (χ2n) is 6.01. The van der Waals surface area contributed by atoms with Gasteiger partial charge in [-0.2, -0.15) is 0 Å². The van der Waals surface area contributed by atoms with Gasteiger partial charge in [0.1, 0.15) is 0 Å². The van der Waals surface area contributed by atoms with Gasteiger partial charge in [-0.3, -0.25) is 0 Å². The summed E-state index contributed by atoms with van der Waals surface area (Å²) in [6, 6.07) is 1.19. The normalized spacial score (nSPS) is 30.5. The Kier molecular flexibility index (Phi) is 3.69. The monoisotopic (exact) mass is 247 g/mol. The molecular formula is C15H25N3. The number of aromatic nitrogens is 2. The maximum Gasteiger partial charge on any atom is 0.0951 e. The van der Waals surface area contributed by atoms with E-state index >= 15 is 0 Å². The fourth-order valence-corrected chi connectivity index (χ4v) is 3.71. The van der Waals surface area contributed by atoms with Gasteiger partial charge < -0.3 is 9.88 Å². The average Bonchev–Trinajstić information content (AvgIpc) is 2.89. The first-order valence-electron chi connectivity index (χ1n) is 7.61. The van der Waals surface area contributed by atoms with Crippen molar-refractivity contribution in [2.45, 2.75) is 69.9 Å². The van der Waals surface area contributed by atoms with Gasteiger partial charge in [0.2, 0.25) is 0 Å². The van der Waals surface area contributed by atoms with Crippen LogP contribution in [0.15, 0.2) is 12.5 Å². The van der Waals surface area contributed by atoms with E-state index in [4.69, 9.17) is 0 Å². The maximum absolute atomic E-state index is 4.44. The molecule has 1 aromatic rings. The Balaban J connectivity index is 1.81. The van der Waals surface area contributed by atoms with Crippen LogP contribution in [0.5, 0.6) is 0 Å². The zero-order valence-electron chi connectivity index (χ0n) is 11.4. The van der Waals surface area contributed by atoms with Crippen LogP contribution in [0.4, 0.5) is 0 Å². The maximum atomic E-state index is 4.44. The molecule has 1 aromatic heterocycles. The summed E-state index contributed by atoms with van der Waals surface area (Å²) in [5.74, 6) is 0.760. The molecular weight excluding hydrogens is 222 g/mol. The highest BCUT2D eigenvalue weighted by Crippen LogP contribution is 2.35. The van der Waals surface area contributed by atoms with E-state index in [0.29, 0.717) is 12.1 Å². The molecule has 2 aliphatic rings. The second-order valence-corrected chi connectivity index (χ2v) is 6.01. The van der Waals surface area contributed by atoms with Crippen LogP contribution in [0.25, 0.3) is 0 Å². The van der Waals surface area contributed by atoms with Gasteiger partial charge in [-0.25, -0.2) is 4.98 Å². The summed E-state index contributed by atoms with van der Waals surface area (Å²) >= 11 is 0. The molecule has 3 heteroatoms. The van der Waals surface area contributed by atoms with Crippen molar-refractivity contribution >= 4 is 0 Å². The van der Waals surface area contributed by atoms with E-state index in [0.717, 1.165) is 5.92 Å². The number of hydrogen-bond donors (Lipinski definition) is 1. The van der Waals surface area contributed by atoms with Crippen LogP contribution < -0.4 is 5.32 Å². The van der Waals surface area contributed by atoms with E-state index in [1.54, 1.807) is 0 Å². The fourth-order valence-electron chi connectivity index (χ4n) is 3.71. The van der Waals surface area contributed by atoms with Crippen LogP contribution in [-0.4, -0.2) is 22.1 Å². The van der Waals surface area contributed by atoms with Gasteiger partial charge in [0.25, 0.3) is 0 Å². The summed E-state index contributed by atoms with van der Waals surface area (Å²) in [6.07, 6.45) is 13.7. The molecule has 2 fully saturated rings. The Hall–Kier alpha value is -0.830. The highest BCUT2D eigenvalue weighted by molar-refractivity contribution is 5.10. The highest BCUT2D eigenvalue weighted by Gasteiger charge is 2.27. The van der Waals surface area contributed by atoms with Gasteiger partial charge in [-0.1, -0.05) is 19.3 Å². The van der Waals surface area contributed by atoms with Gasteiger partial charge in [0.05, 0.1) is 6.33 Å². The molecule has 3 rings (SSSR count). The molecule has 100 valence electrons. The van der Waals surface area contributed by atoms with E-state index in [2.05, 4.69) is 34.3 Å². The lowest BCUT2D eigenvalue weighted by Crippen LogP contribution is -2.40. The summed E-state index contributed by atoms with van der Waals surface area (Å²) in [6.45, 7) is 3.49.